The number of hydrogen-bond donors (Lipinski definition) is 1. The van der Waals surface area contributed by atoms with Gasteiger partial charge in [-0.15, -0.1) is 0 Å². The molecule has 1 aliphatic heterocycles. The van der Waals surface area contributed by atoms with Crippen LogP contribution >= 0.6 is 0 Å². The molecule has 1 aliphatic rings. The summed E-state index contributed by atoms with van der Waals surface area (Å²) in [6, 6.07) is 7.90. The first-order valence-corrected chi connectivity index (χ1v) is 9.18. The average Bonchev–Trinajstić information content (AvgIpc) is 3.09. The van der Waals surface area contributed by atoms with Gasteiger partial charge in [-0.2, -0.15) is 9.40 Å². The second kappa shape index (κ2) is 6.72. The molecule has 1 saturated heterocycles. The third-order valence-corrected chi connectivity index (χ3v) is 5.90. The molecule has 2 heterocycles. The molecule has 2 aromatic rings. The van der Waals surface area contributed by atoms with E-state index in [9.17, 15) is 8.42 Å². The molecule has 0 unspecified atom stereocenters. The zero-order chi connectivity index (χ0) is 16.3. The Bertz CT molecular complexity index is 744. The summed E-state index contributed by atoms with van der Waals surface area (Å²) in [7, 11) is -3.46. The van der Waals surface area contributed by atoms with Crippen LogP contribution in [0.5, 0.6) is 5.75 Å². The minimum absolute atomic E-state index is 0.200. The van der Waals surface area contributed by atoms with Crippen LogP contribution in [0.15, 0.2) is 41.6 Å². The molecule has 1 fully saturated rings. The fraction of sp³-hybridized carbons (Fsp3) is 0.438. The lowest BCUT2D eigenvalue weighted by molar-refractivity contribution is 0.180. The lowest BCUT2D eigenvalue weighted by Gasteiger charge is -2.31. The number of aryl methyl sites for hydroxylation is 1. The minimum atomic E-state index is -3.46. The molecule has 0 aliphatic carbocycles. The number of aromatic amines is 1. The van der Waals surface area contributed by atoms with E-state index in [1.54, 1.807) is 0 Å². The van der Waals surface area contributed by atoms with E-state index >= 15 is 0 Å². The second-order valence-electron chi connectivity index (χ2n) is 5.93. The maximum atomic E-state index is 12.5. The number of nitrogens with zero attached hydrogens (tertiary/aromatic N) is 2. The second-order valence-corrected chi connectivity index (χ2v) is 7.87. The molecule has 124 valence electrons. The highest BCUT2D eigenvalue weighted by molar-refractivity contribution is 7.89. The normalized spacial score (nSPS) is 19.6. The summed E-state index contributed by atoms with van der Waals surface area (Å²) < 4.78 is 32.4. The van der Waals surface area contributed by atoms with Crippen LogP contribution in [-0.4, -0.2) is 42.6 Å². The average molecular weight is 335 g/mol. The van der Waals surface area contributed by atoms with E-state index in [0.717, 1.165) is 24.2 Å². The van der Waals surface area contributed by atoms with Gasteiger partial charge >= 0.3 is 0 Å². The molecule has 0 amide bonds. The highest BCUT2D eigenvalue weighted by atomic mass is 32.2. The first kappa shape index (κ1) is 16.0. The standard InChI is InChI=1S/C16H21N3O3S/c1-13-4-2-6-15(8-13)22-12-14-5-3-7-19(11-14)23(20,21)16-9-17-18-10-16/h2,4,6,8-10,14H,3,5,7,11-12H2,1H3,(H,17,18)/t14-/m0/s1. The molecular formula is C16H21N3O3S. The van der Waals surface area contributed by atoms with Gasteiger partial charge in [0, 0.05) is 25.2 Å². The summed E-state index contributed by atoms with van der Waals surface area (Å²) in [4.78, 5) is 0.220. The largest absolute Gasteiger partial charge is 0.493 e. The third-order valence-electron chi connectivity index (χ3n) is 4.07. The monoisotopic (exact) mass is 335 g/mol. The van der Waals surface area contributed by atoms with Gasteiger partial charge in [-0.05, 0) is 37.5 Å². The summed E-state index contributed by atoms with van der Waals surface area (Å²) in [6.07, 6.45) is 4.59. The number of piperidine rings is 1. The van der Waals surface area contributed by atoms with Crippen LogP contribution in [0.4, 0.5) is 0 Å². The molecule has 1 N–H and O–H groups in total. The Balaban J connectivity index is 1.62. The van der Waals surface area contributed by atoms with Gasteiger partial charge in [-0.3, -0.25) is 5.10 Å². The predicted molar refractivity (Wildman–Crippen MR) is 86.7 cm³/mol. The summed E-state index contributed by atoms with van der Waals surface area (Å²) >= 11 is 0. The SMILES string of the molecule is Cc1cccc(OC[C@H]2CCCN(S(=O)(=O)c3cn[nH]c3)C2)c1. The molecule has 1 aromatic carbocycles. The van der Waals surface area contributed by atoms with E-state index < -0.39 is 10.0 Å². The van der Waals surface area contributed by atoms with Crippen molar-refractivity contribution in [2.45, 2.75) is 24.7 Å². The number of sulfonamides is 1. The molecule has 0 bridgehead atoms. The Labute approximate surface area is 136 Å². The van der Waals surface area contributed by atoms with Crippen molar-refractivity contribution in [3.05, 3.63) is 42.2 Å². The Kier molecular flexibility index (Phi) is 4.68. The van der Waals surface area contributed by atoms with Crippen molar-refractivity contribution in [2.75, 3.05) is 19.7 Å². The Hall–Kier alpha value is -1.86. The van der Waals surface area contributed by atoms with Gasteiger partial charge in [0.1, 0.15) is 10.6 Å². The van der Waals surface area contributed by atoms with E-state index in [1.807, 2.05) is 31.2 Å². The van der Waals surface area contributed by atoms with Gasteiger partial charge in [0.15, 0.2) is 0 Å². The maximum Gasteiger partial charge on any atom is 0.246 e. The molecule has 0 radical (unpaired) electrons. The van der Waals surface area contributed by atoms with Crippen molar-refractivity contribution >= 4 is 10.0 Å². The van der Waals surface area contributed by atoms with Crippen LogP contribution in [0.1, 0.15) is 18.4 Å². The Morgan fingerprint density at radius 2 is 2.30 bits per heavy atom. The molecule has 6 nitrogen and oxygen atoms in total. The van der Waals surface area contributed by atoms with E-state index in [4.69, 9.17) is 4.74 Å². The molecule has 7 heteroatoms. The number of rotatable bonds is 5. The third kappa shape index (κ3) is 3.73. The minimum Gasteiger partial charge on any atom is -0.493 e. The van der Waals surface area contributed by atoms with Crippen LogP contribution in [0, 0.1) is 12.8 Å². The first-order valence-electron chi connectivity index (χ1n) is 7.74. The van der Waals surface area contributed by atoms with Gasteiger partial charge in [0.2, 0.25) is 10.0 Å². The zero-order valence-electron chi connectivity index (χ0n) is 13.1. The first-order chi connectivity index (χ1) is 11.1. The topological polar surface area (TPSA) is 75.3 Å². The van der Waals surface area contributed by atoms with Crippen molar-refractivity contribution < 1.29 is 13.2 Å². The molecule has 23 heavy (non-hydrogen) atoms. The van der Waals surface area contributed by atoms with Crippen LogP contribution in [-0.2, 0) is 10.0 Å². The van der Waals surface area contributed by atoms with E-state index in [1.165, 1.54) is 16.7 Å². The summed E-state index contributed by atoms with van der Waals surface area (Å²) in [5.74, 6) is 1.03. The van der Waals surface area contributed by atoms with Crippen LogP contribution in [0.2, 0.25) is 0 Å². The number of nitrogens with one attached hydrogen (secondary N) is 1. The highest BCUT2D eigenvalue weighted by Gasteiger charge is 2.31. The van der Waals surface area contributed by atoms with Gasteiger partial charge in [0.05, 0.1) is 12.8 Å². The summed E-state index contributed by atoms with van der Waals surface area (Å²) in [5, 5.41) is 6.29. The molecule has 3 rings (SSSR count). The van der Waals surface area contributed by atoms with Crippen molar-refractivity contribution in [3.63, 3.8) is 0 Å². The molecule has 0 saturated carbocycles. The number of aromatic nitrogens is 2. The van der Waals surface area contributed by atoms with Crippen molar-refractivity contribution in [1.29, 1.82) is 0 Å². The lowest BCUT2D eigenvalue weighted by Crippen LogP contribution is -2.41. The van der Waals surface area contributed by atoms with Crippen LogP contribution < -0.4 is 4.74 Å². The predicted octanol–water partition coefficient (Wildman–Crippen LogP) is 2.20. The number of ether oxygens (including phenoxy) is 1. The van der Waals surface area contributed by atoms with Gasteiger partial charge < -0.3 is 4.74 Å². The van der Waals surface area contributed by atoms with Gasteiger partial charge in [0.25, 0.3) is 0 Å². The molecule has 1 atom stereocenters. The zero-order valence-corrected chi connectivity index (χ0v) is 13.9. The summed E-state index contributed by atoms with van der Waals surface area (Å²) in [5.41, 5.74) is 1.15. The molecule has 0 spiro atoms. The maximum absolute atomic E-state index is 12.5. The number of H-pyrrole nitrogens is 1. The number of hydrogen-bond acceptors (Lipinski definition) is 4. The van der Waals surface area contributed by atoms with Crippen molar-refractivity contribution in [3.8, 4) is 5.75 Å². The summed E-state index contributed by atoms with van der Waals surface area (Å²) in [6.45, 7) is 3.58. The fourth-order valence-electron chi connectivity index (χ4n) is 2.83. The molecule has 1 aromatic heterocycles. The molecular weight excluding hydrogens is 314 g/mol. The van der Waals surface area contributed by atoms with Gasteiger partial charge in [-0.25, -0.2) is 8.42 Å². The highest BCUT2D eigenvalue weighted by Crippen LogP contribution is 2.24. The van der Waals surface area contributed by atoms with E-state index in [2.05, 4.69) is 10.2 Å². The van der Waals surface area contributed by atoms with E-state index in [0.29, 0.717) is 19.7 Å². The smallest absolute Gasteiger partial charge is 0.246 e. The van der Waals surface area contributed by atoms with E-state index in [-0.39, 0.29) is 10.8 Å². The number of benzene rings is 1. The van der Waals surface area contributed by atoms with Crippen LogP contribution in [0.25, 0.3) is 0 Å². The fourth-order valence-corrected chi connectivity index (χ4v) is 4.29. The Morgan fingerprint density at radius 3 is 3.04 bits per heavy atom. The van der Waals surface area contributed by atoms with Crippen molar-refractivity contribution in [2.24, 2.45) is 5.92 Å². The Morgan fingerprint density at radius 1 is 1.43 bits per heavy atom. The van der Waals surface area contributed by atoms with Crippen molar-refractivity contribution in [1.82, 2.24) is 14.5 Å². The lowest BCUT2D eigenvalue weighted by atomic mass is 10.0. The van der Waals surface area contributed by atoms with Gasteiger partial charge in [-0.1, -0.05) is 12.1 Å². The van der Waals surface area contributed by atoms with Crippen LogP contribution in [0.3, 0.4) is 0 Å². The quantitative estimate of drug-likeness (QED) is 0.909.